The van der Waals surface area contributed by atoms with E-state index in [1.165, 1.54) is 11.0 Å². The zero-order valence-electron chi connectivity index (χ0n) is 3.46. The van der Waals surface area contributed by atoms with Gasteiger partial charge in [0.25, 0.3) is 0 Å². The molecule has 2 nitrogen and oxygen atoms in total. The lowest BCUT2D eigenvalue weighted by atomic mass is 10.7. The molecule has 5 heteroatoms. The summed E-state index contributed by atoms with van der Waals surface area (Å²) < 4.78 is 3.81. The fraction of sp³-hybridized carbons (Fsp3) is 0.500. The molecule has 0 spiro atoms. The van der Waals surface area contributed by atoms with Crippen LogP contribution in [0.1, 0.15) is 0 Å². The molecule has 1 heterocycles. The van der Waals surface area contributed by atoms with Crippen molar-refractivity contribution in [1.29, 1.82) is 0 Å². The molecule has 0 aliphatic carbocycles. The molecule has 1 aliphatic rings. The molecule has 0 bridgehead atoms. The van der Waals surface area contributed by atoms with Gasteiger partial charge in [0.15, 0.2) is 0 Å². The van der Waals surface area contributed by atoms with Crippen LogP contribution >= 0.6 is 34.2 Å². The molecule has 42 valence electrons. The van der Waals surface area contributed by atoms with E-state index in [1.54, 1.807) is 10.8 Å². The van der Waals surface area contributed by atoms with Gasteiger partial charge in [0, 0.05) is 11.0 Å². The van der Waals surface area contributed by atoms with E-state index in [-0.39, 0.29) is 12.4 Å². The normalized spacial score (nSPS) is 18.0. The Morgan fingerprint density at radius 3 is 2.57 bits per heavy atom. The second-order valence-electron chi connectivity index (χ2n) is 0.919. The summed E-state index contributed by atoms with van der Waals surface area (Å²) in [5.41, 5.74) is 5.24. The predicted octanol–water partition coefficient (Wildman–Crippen LogP) is 1.08. The third kappa shape index (κ3) is 2.31. The summed E-state index contributed by atoms with van der Waals surface area (Å²) in [6, 6.07) is 0. The van der Waals surface area contributed by atoms with Gasteiger partial charge in [-0.1, -0.05) is 10.8 Å². The highest BCUT2D eigenvalue weighted by molar-refractivity contribution is 8.77. The van der Waals surface area contributed by atoms with Crippen LogP contribution in [0.2, 0.25) is 0 Å². The average Bonchev–Trinajstić information content (AvgIpc) is 1.86. The third-order valence-electron chi connectivity index (χ3n) is 0.414. The summed E-state index contributed by atoms with van der Waals surface area (Å²) in [6.45, 7) is 0. The Hall–Kier alpha value is 0.460. The van der Waals surface area contributed by atoms with E-state index in [4.69, 9.17) is 5.73 Å². The second-order valence-corrected chi connectivity index (χ2v) is 2.93. The van der Waals surface area contributed by atoms with Crippen LogP contribution in [-0.2, 0) is 0 Å². The standard InChI is InChI=1S/C2H4N2S2.ClH/c3-2-1-5-6-4-2;/h1H2,(H2,3,4);1H. The number of nitrogens with two attached hydrogens (primary N) is 1. The van der Waals surface area contributed by atoms with Crippen LogP contribution in [0.4, 0.5) is 0 Å². The summed E-state index contributed by atoms with van der Waals surface area (Å²) in [7, 11) is 3.13. The Morgan fingerprint density at radius 1 is 1.71 bits per heavy atom. The molecule has 0 atom stereocenters. The molecule has 1 aliphatic heterocycles. The van der Waals surface area contributed by atoms with Crippen LogP contribution in [0.15, 0.2) is 4.40 Å². The fourth-order valence-electron chi connectivity index (χ4n) is 0.187. The quantitative estimate of drug-likeness (QED) is 0.421. The van der Waals surface area contributed by atoms with Crippen LogP contribution in [0, 0.1) is 0 Å². The summed E-state index contributed by atoms with van der Waals surface area (Å²) in [5.74, 6) is 1.65. The van der Waals surface area contributed by atoms with Gasteiger partial charge in [-0.25, -0.2) is 0 Å². The lowest BCUT2D eigenvalue weighted by molar-refractivity contribution is 1.63. The maximum Gasteiger partial charge on any atom is 0.119 e. The van der Waals surface area contributed by atoms with Crippen LogP contribution < -0.4 is 5.73 Å². The molecule has 0 saturated heterocycles. The maximum absolute atomic E-state index is 5.24. The highest BCUT2D eigenvalue weighted by Crippen LogP contribution is 2.27. The SMILES string of the molecule is Cl.NC1=NSSC1. The van der Waals surface area contributed by atoms with Gasteiger partial charge >= 0.3 is 0 Å². The first-order chi connectivity index (χ1) is 2.89. The zero-order valence-corrected chi connectivity index (χ0v) is 5.91. The highest BCUT2D eigenvalue weighted by atomic mass is 35.5. The Morgan fingerprint density at radius 2 is 2.43 bits per heavy atom. The summed E-state index contributed by atoms with van der Waals surface area (Å²) >= 11 is 0. The molecule has 0 unspecified atom stereocenters. The van der Waals surface area contributed by atoms with Crippen molar-refractivity contribution in [3.05, 3.63) is 0 Å². The van der Waals surface area contributed by atoms with Gasteiger partial charge in [0.1, 0.15) is 5.84 Å². The largest absolute Gasteiger partial charge is 0.386 e. The van der Waals surface area contributed by atoms with Gasteiger partial charge < -0.3 is 5.73 Å². The van der Waals surface area contributed by atoms with Crippen LogP contribution in [0.25, 0.3) is 0 Å². The van der Waals surface area contributed by atoms with Crippen molar-refractivity contribution < 1.29 is 0 Å². The molecule has 1 rings (SSSR count). The van der Waals surface area contributed by atoms with E-state index < -0.39 is 0 Å². The van der Waals surface area contributed by atoms with Crippen molar-refractivity contribution in [2.45, 2.75) is 0 Å². The van der Waals surface area contributed by atoms with E-state index >= 15 is 0 Å². The third-order valence-corrected chi connectivity index (χ3v) is 2.14. The molecule has 2 N–H and O–H groups in total. The lowest BCUT2D eigenvalue weighted by Crippen LogP contribution is -2.09. The number of hydrogen-bond acceptors (Lipinski definition) is 4. The number of rotatable bonds is 0. The lowest BCUT2D eigenvalue weighted by Gasteiger charge is -1.75. The highest BCUT2D eigenvalue weighted by Gasteiger charge is 1.99. The Balaban J connectivity index is 0.000000360. The monoisotopic (exact) mass is 156 g/mol. The molecule has 0 amide bonds. The van der Waals surface area contributed by atoms with E-state index in [9.17, 15) is 0 Å². The minimum atomic E-state index is 0. The first kappa shape index (κ1) is 7.46. The number of halogens is 1. The molecular formula is C2H5ClN2S2. The minimum absolute atomic E-state index is 0. The van der Waals surface area contributed by atoms with E-state index in [0.717, 1.165) is 11.6 Å². The molecule has 0 saturated carbocycles. The van der Waals surface area contributed by atoms with Gasteiger partial charge in [-0.2, -0.15) is 4.40 Å². The molecule has 0 aromatic carbocycles. The number of hydrogen-bond donors (Lipinski definition) is 1. The average molecular weight is 157 g/mol. The minimum Gasteiger partial charge on any atom is -0.386 e. The van der Waals surface area contributed by atoms with Crippen molar-refractivity contribution in [3.63, 3.8) is 0 Å². The maximum atomic E-state index is 5.24. The topological polar surface area (TPSA) is 38.4 Å². The zero-order chi connectivity index (χ0) is 4.41. The van der Waals surface area contributed by atoms with Gasteiger partial charge in [0.2, 0.25) is 0 Å². The van der Waals surface area contributed by atoms with Gasteiger partial charge in [-0.05, 0) is 0 Å². The molecule has 7 heavy (non-hydrogen) atoms. The van der Waals surface area contributed by atoms with Crippen LogP contribution in [0.3, 0.4) is 0 Å². The summed E-state index contributed by atoms with van der Waals surface area (Å²) in [5, 5.41) is 0. The molecule has 0 radical (unpaired) electrons. The van der Waals surface area contributed by atoms with Gasteiger partial charge in [0.05, 0.1) is 5.75 Å². The van der Waals surface area contributed by atoms with Crippen molar-refractivity contribution in [1.82, 2.24) is 0 Å². The first-order valence-corrected chi connectivity index (χ1v) is 3.78. The second kappa shape index (κ2) is 3.46. The molecule has 0 aromatic rings. The summed E-state index contributed by atoms with van der Waals surface area (Å²) in [4.78, 5) is 0. The van der Waals surface area contributed by atoms with Crippen LogP contribution in [0.5, 0.6) is 0 Å². The molecule has 0 fully saturated rings. The Labute approximate surface area is 56.3 Å². The molecule has 0 aromatic heterocycles. The Kier molecular flexibility index (Phi) is 3.69. The van der Waals surface area contributed by atoms with Crippen molar-refractivity contribution in [2.24, 2.45) is 10.1 Å². The molecular weight excluding hydrogens is 152 g/mol. The van der Waals surface area contributed by atoms with Gasteiger partial charge in [-0.3, -0.25) is 0 Å². The Bertz CT molecular complexity index is 83.8. The first-order valence-electron chi connectivity index (χ1n) is 1.50. The van der Waals surface area contributed by atoms with Crippen molar-refractivity contribution >= 4 is 40.0 Å². The van der Waals surface area contributed by atoms with Crippen molar-refractivity contribution in [3.8, 4) is 0 Å². The number of amidine groups is 1. The summed E-state index contributed by atoms with van der Waals surface area (Å²) in [6.07, 6.45) is 0. The van der Waals surface area contributed by atoms with E-state index in [0.29, 0.717) is 0 Å². The van der Waals surface area contributed by atoms with E-state index in [1.807, 2.05) is 0 Å². The number of nitrogens with zero attached hydrogens (tertiary/aromatic N) is 1. The van der Waals surface area contributed by atoms with E-state index in [2.05, 4.69) is 4.40 Å². The smallest absolute Gasteiger partial charge is 0.119 e. The van der Waals surface area contributed by atoms with Gasteiger partial charge in [-0.15, -0.1) is 12.4 Å². The fourth-order valence-corrected chi connectivity index (χ4v) is 1.69. The van der Waals surface area contributed by atoms with Crippen LogP contribution in [-0.4, -0.2) is 11.6 Å². The predicted molar refractivity (Wildman–Crippen MR) is 38.9 cm³/mol. The van der Waals surface area contributed by atoms with Crippen molar-refractivity contribution in [2.75, 3.05) is 5.75 Å².